The van der Waals surface area contributed by atoms with Crippen LogP contribution in [0.4, 0.5) is 15.8 Å². The Morgan fingerprint density at radius 2 is 2.14 bits per heavy atom. The van der Waals surface area contributed by atoms with E-state index in [0.29, 0.717) is 25.2 Å². The molecule has 0 aromatic heterocycles. The Labute approximate surface area is 124 Å². The van der Waals surface area contributed by atoms with E-state index in [-0.39, 0.29) is 11.6 Å². The molecule has 1 aromatic carbocycles. The van der Waals surface area contributed by atoms with E-state index in [9.17, 15) is 14.3 Å². The van der Waals surface area contributed by atoms with Crippen LogP contribution >= 0.6 is 0 Å². The second-order valence-corrected chi connectivity index (χ2v) is 5.72. The summed E-state index contributed by atoms with van der Waals surface area (Å²) in [6.07, 6.45) is 0.293. The summed E-state index contributed by atoms with van der Waals surface area (Å²) in [7, 11) is 0. The van der Waals surface area contributed by atoms with Crippen LogP contribution in [0.3, 0.4) is 0 Å². The van der Waals surface area contributed by atoms with Gasteiger partial charge in [0.05, 0.1) is 11.3 Å². The van der Waals surface area contributed by atoms with Crippen LogP contribution < -0.4 is 11.1 Å². The third-order valence-electron chi connectivity index (χ3n) is 2.99. The quantitative estimate of drug-likeness (QED) is 0.671. The molecule has 21 heavy (non-hydrogen) atoms. The van der Waals surface area contributed by atoms with E-state index in [1.807, 2.05) is 11.8 Å². The Morgan fingerprint density at radius 3 is 2.67 bits per heavy atom. The highest BCUT2D eigenvalue weighted by Crippen LogP contribution is 2.16. The van der Waals surface area contributed by atoms with Gasteiger partial charge in [0.1, 0.15) is 5.82 Å². The van der Waals surface area contributed by atoms with Crippen molar-refractivity contribution >= 4 is 17.3 Å². The number of anilines is 2. The van der Waals surface area contributed by atoms with Gasteiger partial charge in [0.25, 0.3) is 0 Å². The first-order valence-electron chi connectivity index (χ1n) is 7.01. The summed E-state index contributed by atoms with van der Waals surface area (Å²) in [6, 6.07) is 4.08. The van der Waals surface area contributed by atoms with Crippen LogP contribution in [0, 0.1) is 5.82 Å². The molecule has 1 aromatic rings. The molecule has 0 saturated heterocycles. The van der Waals surface area contributed by atoms with E-state index in [1.165, 1.54) is 18.2 Å². The number of nitrogen functional groups attached to an aromatic ring is 1. The number of halogens is 1. The van der Waals surface area contributed by atoms with E-state index in [0.717, 1.165) is 6.54 Å². The molecule has 5 nitrogen and oxygen atoms in total. The number of carbonyl (C=O) groups excluding carboxylic acids is 1. The molecule has 118 valence electrons. The summed E-state index contributed by atoms with van der Waals surface area (Å²) in [4.78, 5) is 13.9. The van der Waals surface area contributed by atoms with Crippen molar-refractivity contribution in [3.05, 3.63) is 24.0 Å². The third-order valence-corrected chi connectivity index (χ3v) is 2.99. The Morgan fingerprint density at radius 1 is 1.48 bits per heavy atom. The van der Waals surface area contributed by atoms with Gasteiger partial charge in [-0.1, -0.05) is 6.92 Å². The van der Waals surface area contributed by atoms with Crippen molar-refractivity contribution in [1.82, 2.24) is 4.90 Å². The van der Waals surface area contributed by atoms with E-state index >= 15 is 0 Å². The van der Waals surface area contributed by atoms with Crippen molar-refractivity contribution in [2.24, 2.45) is 0 Å². The molecule has 0 fully saturated rings. The van der Waals surface area contributed by atoms with E-state index < -0.39 is 11.4 Å². The highest BCUT2D eigenvalue weighted by atomic mass is 19.1. The molecule has 0 radical (unpaired) electrons. The SMILES string of the molecule is CCN(CCC(=O)Nc1ccc(F)c(N)c1)CC(C)(C)O. The number of aliphatic hydroxyl groups is 1. The Hall–Kier alpha value is -1.66. The van der Waals surface area contributed by atoms with Gasteiger partial charge < -0.3 is 21.1 Å². The highest BCUT2D eigenvalue weighted by Gasteiger charge is 2.17. The number of amides is 1. The molecule has 0 unspecified atom stereocenters. The van der Waals surface area contributed by atoms with Crippen molar-refractivity contribution in [1.29, 1.82) is 0 Å². The normalized spacial score (nSPS) is 11.7. The highest BCUT2D eigenvalue weighted by molar-refractivity contribution is 5.91. The fourth-order valence-electron chi connectivity index (χ4n) is 2.00. The zero-order chi connectivity index (χ0) is 16.0. The summed E-state index contributed by atoms with van der Waals surface area (Å²) in [6.45, 7) is 7.24. The molecule has 0 aliphatic heterocycles. The molecule has 0 atom stereocenters. The minimum absolute atomic E-state index is 0.00464. The predicted molar refractivity (Wildman–Crippen MR) is 82.5 cm³/mol. The van der Waals surface area contributed by atoms with Gasteiger partial charge in [-0.15, -0.1) is 0 Å². The molecule has 0 aliphatic carbocycles. The Bertz CT molecular complexity index is 486. The molecule has 6 heteroatoms. The summed E-state index contributed by atoms with van der Waals surface area (Å²) >= 11 is 0. The van der Waals surface area contributed by atoms with Gasteiger partial charge in [-0.25, -0.2) is 4.39 Å². The maximum absolute atomic E-state index is 13.0. The first kappa shape index (κ1) is 17.4. The number of nitrogens with two attached hydrogens (primary N) is 1. The lowest BCUT2D eigenvalue weighted by atomic mass is 10.1. The maximum atomic E-state index is 13.0. The summed E-state index contributed by atoms with van der Waals surface area (Å²) in [5.74, 6) is -0.675. The van der Waals surface area contributed by atoms with Crippen molar-refractivity contribution in [2.75, 3.05) is 30.7 Å². The largest absolute Gasteiger partial charge is 0.396 e. The number of benzene rings is 1. The number of hydrogen-bond acceptors (Lipinski definition) is 4. The molecule has 0 heterocycles. The number of likely N-dealkylation sites (N-methyl/N-ethyl adjacent to an activating group) is 1. The first-order valence-corrected chi connectivity index (χ1v) is 7.01. The van der Waals surface area contributed by atoms with E-state index in [4.69, 9.17) is 5.73 Å². The Balaban J connectivity index is 2.47. The summed E-state index contributed by atoms with van der Waals surface area (Å²) in [5.41, 5.74) is 5.13. The van der Waals surface area contributed by atoms with Crippen LogP contribution in [0.15, 0.2) is 18.2 Å². The van der Waals surface area contributed by atoms with Gasteiger partial charge in [0, 0.05) is 25.2 Å². The van der Waals surface area contributed by atoms with Crippen LogP contribution in [0.2, 0.25) is 0 Å². The number of carbonyl (C=O) groups is 1. The third kappa shape index (κ3) is 6.55. The lowest BCUT2D eigenvalue weighted by molar-refractivity contribution is -0.116. The minimum Gasteiger partial charge on any atom is -0.396 e. The molecule has 0 saturated carbocycles. The van der Waals surface area contributed by atoms with Crippen molar-refractivity contribution in [2.45, 2.75) is 32.8 Å². The fourth-order valence-corrected chi connectivity index (χ4v) is 2.00. The standard InChI is InChI=1S/C15H24FN3O2/c1-4-19(10-15(2,3)21)8-7-14(20)18-11-5-6-12(16)13(17)9-11/h5-6,9,21H,4,7-8,10,17H2,1-3H3,(H,18,20). The van der Waals surface area contributed by atoms with Crippen LogP contribution in [0.1, 0.15) is 27.2 Å². The van der Waals surface area contributed by atoms with Crippen molar-refractivity contribution in [3.63, 3.8) is 0 Å². The molecular weight excluding hydrogens is 273 g/mol. The topological polar surface area (TPSA) is 78.6 Å². The number of nitrogens with zero attached hydrogens (tertiary/aromatic N) is 1. The number of hydrogen-bond donors (Lipinski definition) is 3. The fraction of sp³-hybridized carbons (Fsp3) is 0.533. The van der Waals surface area contributed by atoms with Crippen LogP contribution in [-0.4, -0.2) is 41.1 Å². The smallest absolute Gasteiger partial charge is 0.225 e. The van der Waals surface area contributed by atoms with Gasteiger partial charge in [-0.05, 0) is 38.6 Å². The zero-order valence-electron chi connectivity index (χ0n) is 12.8. The van der Waals surface area contributed by atoms with E-state index in [1.54, 1.807) is 13.8 Å². The monoisotopic (exact) mass is 297 g/mol. The Kier molecular flexibility index (Phi) is 6.11. The molecule has 0 bridgehead atoms. The molecule has 1 rings (SSSR count). The minimum atomic E-state index is -0.794. The van der Waals surface area contributed by atoms with Crippen molar-refractivity contribution < 1.29 is 14.3 Å². The second-order valence-electron chi connectivity index (χ2n) is 5.72. The maximum Gasteiger partial charge on any atom is 0.225 e. The van der Waals surface area contributed by atoms with Crippen LogP contribution in [0.25, 0.3) is 0 Å². The van der Waals surface area contributed by atoms with Crippen LogP contribution in [0.5, 0.6) is 0 Å². The molecule has 1 amide bonds. The van der Waals surface area contributed by atoms with Gasteiger partial charge in [-0.2, -0.15) is 0 Å². The average Bonchev–Trinajstić information content (AvgIpc) is 2.37. The predicted octanol–water partition coefficient (Wildman–Crippen LogP) is 1.83. The van der Waals surface area contributed by atoms with Crippen LogP contribution in [-0.2, 0) is 4.79 Å². The number of rotatable bonds is 7. The molecule has 0 aliphatic rings. The van der Waals surface area contributed by atoms with Gasteiger partial charge >= 0.3 is 0 Å². The second kappa shape index (κ2) is 7.38. The lowest BCUT2D eigenvalue weighted by Crippen LogP contribution is -2.39. The number of nitrogens with one attached hydrogen (secondary N) is 1. The summed E-state index contributed by atoms with van der Waals surface area (Å²) < 4.78 is 13.0. The van der Waals surface area contributed by atoms with Gasteiger partial charge in [-0.3, -0.25) is 4.79 Å². The molecular formula is C15H24FN3O2. The summed E-state index contributed by atoms with van der Waals surface area (Å²) in [5, 5.41) is 12.5. The lowest BCUT2D eigenvalue weighted by Gasteiger charge is -2.27. The average molecular weight is 297 g/mol. The van der Waals surface area contributed by atoms with Gasteiger partial charge in [0.15, 0.2) is 0 Å². The zero-order valence-corrected chi connectivity index (χ0v) is 12.8. The van der Waals surface area contributed by atoms with Crippen molar-refractivity contribution in [3.8, 4) is 0 Å². The van der Waals surface area contributed by atoms with E-state index in [2.05, 4.69) is 5.32 Å². The van der Waals surface area contributed by atoms with Gasteiger partial charge in [0.2, 0.25) is 5.91 Å². The first-order chi connectivity index (χ1) is 9.71. The molecule has 4 N–H and O–H groups in total. The molecule has 0 spiro atoms.